The summed E-state index contributed by atoms with van der Waals surface area (Å²) < 4.78 is 0. The van der Waals surface area contributed by atoms with Gasteiger partial charge in [0.1, 0.15) is 0 Å². The van der Waals surface area contributed by atoms with Gasteiger partial charge in [-0.1, -0.05) is 55.7 Å². The highest BCUT2D eigenvalue weighted by atomic mass is 32.1. The molecule has 2 rings (SSSR count). The molecule has 1 aromatic carbocycles. The van der Waals surface area contributed by atoms with Crippen LogP contribution >= 0.6 is 12.2 Å². The molecule has 0 unspecified atom stereocenters. The van der Waals surface area contributed by atoms with Crippen LogP contribution in [-0.2, 0) is 11.3 Å². The predicted molar refractivity (Wildman–Crippen MR) is 85.3 cm³/mol. The number of hydrogen-bond donors (Lipinski definition) is 2. The molecule has 0 spiro atoms. The van der Waals surface area contributed by atoms with E-state index in [1.807, 2.05) is 31.2 Å². The van der Waals surface area contributed by atoms with Gasteiger partial charge in [-0.05, 0) is 30.9 Å². The third-order valence-electron chi connectivity index (χ3n) is 4.31. The minimum atomic E-state index is -0.629. The molecule has 0 heterocycles. The lowest BCUT2D eigenvalue weighted by Crippen LogP contribution is -2.49. The Labute approximate surface area is 125 Å². The summed E-state index contributed by atoms with van der Waals surface area (Å²) in [5.74, 6) is -0.00652. The van der Waals surface area contributed by atoms with Crippen LogP contribution in [0.2, 0.25) is 0 Å². The maximum Gasteiger partial charge on any atom is 0.233 e. The first-order valence-corrected chi connectivity index (χ1v) is 7.60. The molecule has 1 aliphatic carbocycles. The number of carbonyl (C=O) groups is 1. The van der Waals surface area contributed by atoms with E-state index in [2.05, 4.69) is 5.32 Å². The fourth-order valence-electron chi connectivity index (χ4n) is 2.89. The number of nitrogens with one attached hydrogen (secondary N) is 1. The topological polar surface area (TPSA) is 55.1 Å². The summed E-state index contributed by atoms with van der Waals surface area (Å²) in [6.07, 6.45) is 4.77. The van der Waals surface area contributed by atoms with Gasteiger partial charge < -0.3 is 11.1 Å². The molecule has 20 heavy (non-hydrogen) atoms. The van der Waals surface area contributed by atoms with E-state index in [9.17, 15) is 4.79 Å². The van der Waals surface area contributed by atoms with Gasteiger partial charge in [0.05, 0.1) is 10.4 Å². The Balaban J connectivity index is 2.06. The van der Waals surface area contributed by atoms with Crippen molar-refractivity contribution in [2.75, 3.05) is 0 Å². The lowest BCUT2D eigenvalue weighted by molar-refractivity contribution is -0.129. The van der Waals surface area contributed by atoms with Gasteiger partial charge in [-0.25, -0.2) is 0 Å². The van der Waals surface area contributed by atoms with Gasteiger partial charge in [-0.3, -0.25) is 4.79 Å². The fraction of sp³-hybridized carbons (Fsp3) is 0.500. The van der Waals surface area contributed by atoms with Crippen LogP contribution in [0.15, 0.2) is 24.3 Å². The molecule has 0 saturated heterocycles. The van der Waals surface area contributed by atoms with Crippen molar-refractivity contribution in [1.82, 2.24) is 5.32 Å². The molecular weight excluding hydrogens is 268 g/mol. The zero-order valence-electron chi connectivity index (χ0n) is 11.9. The van der Waals surface area contributed by atoms with Crippen molar-refractivity contribution in [1.29, 1.82) is 0 Å². The van der Waals surface area contributed by atoms with Crippen LogP contribution in [0, 0.1) is 12.3 Å². The van der Waals surface area contributed by atoms with Crippen LogP contribution in [0.3, 0.4) is 0 Å². The monoisotopic (exact) mass is 290 g/mol. The Morgan fingerprint density at radius 3 is 2.55 bits per heavy atom. The van der Waals surface area contributed by atoms with Crippen LogP contribution in [0.25, 0.3) is 0 Å². The van der Waals surface area contributed by atoms with E-state index in [1.54, 1.807) is 0 Å². The van der Waals surface area contributed by atoms with Crippen molar-refractivity contribution in [2.24, 2.45) is 11.1 Å². The van der Waals surface area contributed by atoms with Crippen LogP contribution in [0.1, 0.15) is 43.2 Å². The highest BCUT2D eigenvalue weighted by Gasteiger charge is 2.42. The molecule has 0 aromatic heterocycles. The Morgan fingerprint density at radius 1 is 1.30 bits per heavy atom. The second-order valence-electron chi connectivity index (χ2n) is 5.62. The average molecular weight is 290 g/mol. The first-order valence-electron chi connectivity index (χ1n) is 7.19. The molecule has 1 aliphatic rings. The SMILES string of the molecule is Cc1ccccc1CNC(=O)C1(C(N)=S)CCCCC1. The fourth-order valence-corrected chi connectivity index (χ4v) is 3.19. The van der Waals surface area contributed by atoms with Gasteiger partial charge >= 0.3 is 0 Å². The summed E-state index contributed by atoms with van der Waals surface area (Å²) >= 11 is 5.18. The molecule has 108 valence electrons. The van der Waals surface area contributed by atoms with Crippen LogP contribution in [0.4, 0.5) is 0 Å². The second kappa shape index (κ2) is 6.35. The van der Waals surface area contributed by atoms with Crippen LogP contribution < -0.4 is 11.1 Å². The molecule has 3 nitrogen and oxygen atoms in total. The number of rotatable bonds is 4. The van der Waals surface area contributed by atoms with Crippen LogP contribution in [-0.4, -0.2) is 10.9 Å². The third-order valence-corrected chi connectivity index (χ3v) is 4.70. The van der Waals surface area contributed by atoms with Crippen LogP contribution in [0.5, 0.6) is 0 Å². The van der Waals surface area contributed by atoms with E-state index in [1.165, 1.54) is 5.56 Å². The molecule has 1 saturated carbocycles. The minimum Gasteiger partial charge on any atom is -0.392 e. The lowest BCUT2D eigenvalue weighted by Gasteiger charge is -2.34. The first-order chi connectivity index (χ1) is 9.56. The summed E-state index contributed by atoms with van der Waals surface area (Å²) in [6, 6.07) is 8.06. The summed E-state index contributed by atoms with van der Waals surface area (Å²) in [5.41, 5.74) is 7.56. The molecular formula is C16H22N2OS. The standard InChI is InChI=1S/C16H22N2OS/c1-12-7-3-4-8-13(12)11-18-15(19)16(14(17)20)9-5-2-6-10-16/h3-4,7-8H,2,5-6,9-11H2,1H3,(H2,17,20)(H,18,19). The van der Waals surface area contributed by atoms with Crippen molar-refractivity contribution in [2.45, 2.75) is 45.6 Å². The average Bonchev–Trinajstić information content (AvgIpc) is 2.46. The molecule has 1 amide bonds. The Bertz CT molecular complexity index is 507. The van der Waals surface area contributed by atoms with Gasteiger partial charge in [0, 0.05) is 6.54 Å². The molecule has 3 N–H and O–H groups in total. The Morgan fingerprint density at radius 2 is 1.95 bits per heavy atom. The van der Waals surface area contributed by atoms with Gasteiger partial charge in [-0.2, -0.15) is 0 Å². The number of benzene rings is 1. The normalized spacial score (nSPS) is 17.4. The largest absolute Gasteiger partial charge is 0.392 e. The highest BCUT2D eigenvalue weighted by Crippen LogP contribution is 2.37. The zero-order valence-corrected chi connectivity index (χ0v) is 12.8. The van der Waals surface area contributed by atoms with Gasteiger partial charge in [0.25, 0.3) is 0 Å². The van der Waals surface area contributed by atoms with Crippen molar-refractivity contribution in [3.05, 3.63) is 35.4 Å². The van der Waals surface area contributed by atoms with Gasteiger partial charge in [0.15, 0.2) is 0 Å². The molecule has 4 heteroatoms. The van der Waals surface area contributed by atoms with E-state index in [-0.39, 0.29) is 5.91 Å². The summed E-state index contributed by atoms with van der Waals surface area (Å²) in [6.45, 7) is 2.58. The first kappa shape index (κ1) is 15.0. The van der Waals surface area contributed by atoms with Gasteiger partial charge in [-0.15, -0.1) is 0 Å². The number of nitrogens with two attached hydrogens (primary N) is 1. The highest BCUT2D eigenvalue weighted by molar-refractivity contribution is 7.80. The quantitative estimate of drug-likeness (QED) is 0.838. The summed E-state index contributed by atoms with van der Waals surface area (Å²) in [7, 11) is 0. The minimum absolute atomic E-state index is 0.00652. The molecule has 1 aromatic rings. The van der Waals surface area contributed by atoms with Crippen molar-refractivity contribution < 1.29 is 4.79 Å². The smallest absolute Gasteiger partial charge is 0.233 e. The number of thiocarbonyl (C=S) groups is 1. The molecule has 0 radical (unpaired) electrons. The molecule has 0 bridgehead atoms. The molecule has 0 atom stereocenters. The second-order valence-corrected chi connectivity index (χ2v) is 6.06. The molecule has 0 aliphatic heterocycles. The maximum atomic E-state index is 12.6. The summed E-state index contributed by atoms with van der Waals surface area (Å²) in [4.78, 5) is 12.9. The van der Waals surface area contributed by atoms with E-state index in [4.69, 9.17) is 18.0 Å². The zero-order chi connectivity index (χ0) is 14.6. The van der Waals surface area contributed by atoms with Crippen molar-refractivity contribution in [3.63, 3.8) is 0 Å². The maximum absolute atomic E-state index is 12.6. The number of hydrogen-bond acceptors (Lipinski definition) is 2. The van der Waals surface area contributed by atoms with E-state index >= 15 is 0 Å². The Kier molecular flexibility index (Phi) is 4.76. The predicted octanol–water partition coefficient (Wildman–Crippen LogP) is 2.85. The Hall–Kier alpha value is -1.42. The lowest BCUT2D eigenvalue weighted by atomic mass is 9.73. The van der Waals surface area contributed by atoms with E-state index < -0.39 is 5.41 Å². The van der Waals surface area contributed by atoms with E-state index in [0.717, 1.165) is 37.7 Å². The number of aryl methyl sites for hydroxylation is 1. The van der Waals surface area contributed by atoms with Crippen molar-refractivity contribution >= 4 is 23.1 Å². The number of amides is 1. The molecule has 1 fully saturated rings. The third kappa shape index (κ3) is 3.01. The van der Waals surface area contributed by atoms with E-state index in [0.29, 0.717) is 11.5 Å². The van der Waals surface area contributed by atoms with Crippen molar-refractivity contribution in [3.8, 4) is 0 Å². The number of carbonyl (C=O) groups excluding carboxylic acids is 1. The van der Waals surface area contributed by atoms with Gasteiger partial charge in [0.2, 0.25) is 5.91 Å². The summed E-state index contributed by atoms with van der Waals surface area (Å²) in [5, 5.41) is 3.03.